The maximum atomic E-state index is 2.72. The Kier molecular flexibility index (Phi) is 4.45. The third kappa shape index (κ3) is 3.19. The molecule has 0 saturated carbocycles. The molecule has 2 nitrogen and oxygen atoms in total. The van der Waals surface area contributed by atoms with Crippen molar-refractivity contribution in [2.45, 2.75) is 31.3 Å². The van der Waals surface area contributed by atoms with Crippen molar-refractivity contribution in [2.24, 2.45) is 0 Å². The third-order valence-electron chi connectivity index (χ3n) is 5.43. The molecular weight excluding hydrogens is 280 g/mol. The molecule has 2 saturated heterocycles. The summed E-state index contributed by atoms with van der Waals surface area (Å²) >= 11 is 0. The molecule has 2 aromatic carbocycles. The van der Waals surface area contributed by atoms with E-state index in [1.165, 1.54) is 56.6 Å². The molecule has 0 amide bonds. The van der Waals surface area contributed by atoms with Gasteiger partial charge in [0.2, 0.25) is 0 Å². The molecule has 2 aliphatic heterocycles. The molecule has 0 aromatic heterocycles. The number of fused-ring (bicyclic) bond motifs is 1. The summed E-state index contributed by atoms with van der Waals surface area (Å²) in [4.78, 5) is 5.44. The molecule has 23 heavy (non-hydrogen) atoms. The summed E-state index contributed by atoms with van der Waals surface area (Å²) in [5.41, 5.74) is 2.84. The van der Waals surface area contributed by atoms with Gasteiger partial charge in [-0.3, -0.25) is 9.80 Å². The van der Waals surface area contributed by atoms with E-state index < -0.39 is 0 Å². The first kappa shape index (κ1) is 14.9. The lowest BCUT2D eigenvalue weighted by molar-refractivity contribution is 0.192. The van der Waals surface area contributed by atoms with Crippen molar-refractivity contribution >= 4 is 0 Å². The van der Waals surface area contributed by atoms with Gasteiger partial charge in [0, 0.05) is 19.1 Å². The molecule has 1 atom stereocenters. The van der Waals surface area contributed by atoms with Gasteiger partial charge in [-0.15, -0.1) is 0 Å². The van der Waals surface area contributed by atoms with Crippen LogP contribution in [0.2, 0.25) is 0 Å². The Morgan fingerprint density at radius 3 is 2.00 bits per heavy atom. The van der Waals surface area contributed by atoms with Crippen molar-refractivity contribution in [3.63, 3.8) is 0 Å². The van der Waals surface area contributed by atoms with Crippen LogP contribution in [0, 0.1) is 0 Å². The molecule has 2 fully saturated rings. The minimum absolute atomic E-state index is 0.387. The molecule has 0 spiro atoms. The lowest BCUT2D eigenvalue weighted by Crippen LogP contribution is -2.38. The molecule has 2 heterocycles. The zero-order valence-corrected chi connectivity index (χ0v) is 13.8. The zero-order valence-electron chi connectivity index (χ0n) is 13.8. The van der Waals surface area contributed by atoms with Gasteiger partial charge in [-0.05, 0) is 43.5 Å². The summed E-state index contributed by atoms with van der Waals surface area (Å²) in [6.07, 6.45) is 4.03. The average Bonchev–Trinajstić information content (AvgIpc) is 2.95. The fourth-order valence-corrected chi connectivity index (χ4v) is 4.35. The van der Waals surface area contributed by atoms with E-state index in [9.17, 15) is 0 Å². The van der Waals surface area contributed by atoms with E-state index in [4.69, 9.17) is 0 Å². The Labute approximate surface area is 139 Å². The normalized spacial score (nSPS) is 22.9. The second-order valence-corrected chi connectivity index (χ2v) is 6.90. The first-order valence-electron chi connectivity index (χ1n) is 9.00. The van der Waals surface area contributed by atoms with Crippen LogP contribution < -0.4 is 0 Å². The molecule has 0 N–H and O–H groups in total. The van der Waals surface area contributed by atoms with Crippen LogP contribution in [-0.4, -0.2) is 42.0 Å². The Morgan fingerprint density at radius 1 is 0.739 bits per heavy atom. The maximum absolute atomic E-state index is 2.72. The van der Waals surface area contributed by atoms with E-state index in [-0.39, 0.29) is 0 Å². The number of nitrogens with zero attached hydrogens (tertiary/aromatic N) is 2. The molecular formula is C21H26N2. The van der Waals surface area contributed by atoms with Crippen molar-refractivity contribution in [2.75, 3.05) is 26.2 Å². The highest BCUT2D eigenvalue weighted by molar-refractivity contribution is 5.32. The van der Waals surface area contributed by atoms with Crippen LogP contribution in [0.1, 0.15) is 36.4 Å². The topological polar surface area (TPSA) is 6.48 Å². The van der Waals surface area contributed by atoms with Gasteiger partial charge >= 0.3 is 0 Å². The van der Waals surface area contributed by atoms with Crippen molar-refractivity contribution in [3.8, 4) is 0 Å². The first-order valence-corrected chi connectivity index (χ1v) is 9.00. The molecule has 0 radical (unpaired) electrons. The highest BCUT2D eigenvalue weighted by Gasteiger charge is 2.32. The monoisotopic (exact) mass is 306 g/mol. The van der Waals surface area contributed by atoms with Gasteiger partial charge in [-0.1, -0.05) is 60.7 Å². The Morgan fingerprint density at radius 2 is 1.35 bits per heavy atom. The molecule has 2 heteroatoms. The Balaban J connectivity index is 1.67. The molecule has 1 unspecified atom stereocenters. The molecule has 0 bridgehead atoms. The lowest BCUT2D eigenvalue weighted by atomic mass is 9.96. The lowest BCUT2D eigenvalue weighted by Gasteiger charge is -2.33. The minimum atomic E-state index is 0.387. The van der Waals surface area contributed by atoms with Gasteiger partial charge in [0.05, 0.1) is 6.04 Å². The molecule has 2 aromatic rings. The predicted octanol–water partition coefficient (Wildman–Crippen LogP) is 3.95. The summed E-state index contributed by atoms with van der Waals surface area (Å²) in [6, 6.07) is 23.2. The molecule has 4 rings (SSSR count). The van der Waals surface area contributed by atoms with Crippen molar-refractivity contribution in [1.82, 2.24) is 9.80 Å². The zero-order chi connectivity index (χ0) is 15.5. The van der Waals surface area contributed by atoms with Crippen molar-refractivity contribution < 1.29 is 0 Å². The van der Waals surface area contributed by atoms with E-state index in [1.807, 2.05) is 0 Å². The van der Waals surface area contributed by atoms with Crippen LogP contribution in [0.15, 0.2) is 60.7 Å². The summed E-state index contributed by atoms with van der Waals surface area (Å²) in [5, 5.41) is 0. The third-order valence-corrected chi connectivity index (χ3v) is 5.43. The second kappa shape index (κ2) is 6.86. The summed E-state index contributed by atoms with van der Waals surface area (Å²) in [7, 11) is 0. The van der Waals surface area contributed by atoms with Gasteiger partial charge in [0.1, 0.15) is 0 Å². The summed E-state index contributed by atoms with van der Waals surface area (Å²) in [6.45, 7) is 4.98. The second-order valence-electron chi connectivity index (χ2n) is 6.90. The highest BCUT2D eigenvalue weighted by Crippen LogP contribution is 2.32. The summed E-state index contributed by atoms with van der Waals surface area (Å²) < 4.78 is 0. The van der Waals surface area contributed by atoms with E-state index >= 15 is 0 Å². The number of hydrogen-bond acceptors (Lipinski definition) is 2. The van der Waals surface area contributed by atoms with Crippen LogP contribution in [0.3, 0.4) is 0 Å². The van der Waals surface area contributed by atoms with Crippen LogP contribution in [0.25, 0.3) is 0 Å². The average molecular weight is 306 g/mol. The quantitative estimate of drug-likeness (QED) is 0.847. The van der Waals surface area contributed by atoms with Crippen LogP contribution in [-0.2, 0) is 0 Å². The number of rotatable bonds is 3. The summed E-state index contributed by atoms with van der Waals surface area (Å²) in [5.74, 6) is 0. The van der Waals surface area contributed by atoms with Gasteiger partial charge in [-0.25, -0.2) is 0 Å². The van der Waals surface area contributed by atoms with Gasteiger partial charge in [-0.2, -0.15) is 0 Å². The molecule has 2 aliphatic rings. The Hall–Kier alpha value is -1.64. The first-order chi connectivity index (χ1) is 11.4. The van der Waals surface area contributed by atoms with Crippen LogP contribution >= 0.6 is 0 Å². The number of benzene rings is 2. The van der Waals surface area contributed by atoms with Crippen LogP contribution in [0.5, 0.6) is 0 Å². The van der Waals surface area contributed by atoms with Crippen molar-refractivity contribution in [3.05, 3.63) is 71.8 Å². The minimum Gasteiger partial charge on any atom is -0.299 e. The van der Waals surface area contributed by atoms with Crippen LogP contribution in [0.4, 0.5) is 0 Å². The largest absolute Gasteiger partial charge is 0.299 e. The van der Waals surface area contributed by atoms with Crippen molar-refractivity contribution in [1.29, 1.82) is 0 Å². The van der Waals surface area contributed by atoms with E-state index in [1.54, 1.807) is 0 Å². The SMILES string of the molecule is c1ccc(C(c2ccccc2)N2CCCN3CCCC3C2)cc1. The van der Waals surface area contributed by atoms with E-state index in [2.05, 4.69) is 70.5 Å². The maximum Gasteiger partial charge on any atom is 0.0602 e. The smallest absolute Gasteiger partial charge is 0.0602 e. The molecule has 120 valence electrons. The van der Waals surface area contributed by atoms with Gasteiger partial charge < -0.3 is 0 Å². The number of hydrogen-bond donors (Lipinski definition) is 0. The van der Waals surface area contributed by atoms with Gasteiger partial charge in [0.25, 0.3) is 0 Å². The fraction of sp³-hybridized carbons (Fsp3) is 0.429. The van der Waals surface area contributed by atoms with Gasteiger partial charge in [0.15, 0.2) is 0 Å². The standard InChI is InChI=1S/C21H26N2/c1-3-9-18(10-4-1)21(19-11-5-2-6-12-19)23-16-8-15-22-14-7-13-20(22)17-23/h1-6,9-12,20-21H,7-8,13-17H2. The fourth-order valence-electron chi connectivity index (χ4n) is 4.35. The predicted molar refractivity (Wildman–Crippen MR) is 95.5 cm³/mol. The highest BCUT2D eigenvalue weighted by atomic mass is 15.3. The van der Waals surface area contributed by atoms with E-state index in [0.717, 1.165) is 6.04 Å². The van der Waals surface area contributed by atoms with E-state index in [0.29, 0.717) is 6.04 Å². The Bertz CT molecular complexity index is 571. The molecule has 0 aliphatic carbocycles.